The van der Waals surface area contributed by atoms with E-state index < -0.39 is 77.6 Å². The molecule has 27 heteroatoms. The van der Waals surface area contributed by atoms with Crippen LogP contribution in [0.5, 0.6) is 0 Å². The number of imidazole rings is 1. The first-order valence-corrected chi connectivity index (χ1v) is 28.5. The summed E-state index contributed by atoms with van der Waals surface area (Å²) < 4.78 is 30.9. The van der Waals surface area contributed by atoms with E-state index in [1.54, 1.807) is 37.6 Å². The van der Waals surface area contributed by atoms with Crippen molar-refractivity contribution >= 4 is 75.7 Å². The molecule has 4 aromatic heterocycles. The number of likely N-dealkylation sites (tertiary alicyclic amines) is 1. The molecule has 436 valence electrons. The van der Waals surface area contributed by atoms with Gasteiger partial charge in [-0.1, -0.05) is 73.8 Å². The van der Waals surface area contributed by atoms with Crippen LogP contribution in [0.4, 0.5) is 10.7 Å². The highest BCUT2D eigenvalue weighted by Gasteiger charge is 2.46. The number of benzene rings is 2. The van der Waals surface area contributed by atoms with Crippen molar-refractivity contribution in [2.45, 2.75) is 98.7 Å². The molecule has 4 amide bonds. The number of hydrogen-bond donors (Lipinski definition) is 3. The Morgan fingerprint density at radius 2 is 1.59 bits per heavy atom. The monoisotopic (exact) mass is 1180 g/mol. The van der Waals surface area contributed by atoms with E-state index in [4.69, 9.17) is 40.3 Å². The topological polar surface area (TPSA) is 288 Å². The van der Waals surface area contributed by atoms with Crippen LogP contribution in [0.15, 0.2) is 65.2 Å². The first kappa shape index (κ1) is 60.6. The number of aromatic nitrogens is 6. The number of aliphatic imine (C=N–C) groups is 1. The van der Waals surface area contributed by atoms with E-state index in [1.807, 2.05) is 66.9 Å². The molecule has 0 aliphatic carbocycles. The highest BCUT2D eigenvalue weighted by molar-refractivity contribution is 7.15. The van der Waals surface area contributed by atoms with Crippen LogP contribution in [-0.2, 0) is 63.1 Å². The number of amides is 4. The van der Waals surface area contributed by atoms with Gasteiger partial charge in [0.25, 0.3) is 0 Å². The zero-order valence-corrected chi connectivity index (χ0v) is 49.1. The van der Waals surface area contributed by atoms with E-state index in [1.165, 1.54) is 29.5 Å². The molecule has 0 bridgehead atoms. The molecule has 6 aromatic rings. The zero-order chi connectivity index (χ0) is 58.8. The Hall–Kier alpha value is -7.49. The third-order valence-electron chi connectivity index (χ3n) is 13.8. The number of rotatable bonds is 24. The minimum Gasteiger partial charge on any atom is -0.429 e. The van der Waals surface area contributed by atoms with Crippen molar-refractivity contribution in [1.82, 2.24) is 50.1 Å². The molecular formula is C55H65ClN12O12S2. The number of halogens is 1. The summed E-state index contributed by atoms with van der Waals surface area (Å²) in [5.74, 6) is -1.08. The van der Waals surface area contributed by atoms with E-state index in [0.29, 0.717) is 16.7 Å². The second-order valence-electron chi connectivity index (χ2n) is 20.7. The molecule has 1 fully saturated rings. The second kappa shape index (κ2) is 27.1. The Labute approximate surface area is 486 Å². The molecule has 4 atom stereocenters. The second-order valence-corrected chi connectivity index (χ2v) is 23.2. The predicted molar refractivity (Wildman–Crippen MR) is 304 cm³/mol. The maximum Gasteiger partial charge on any atom is 0.509 e. The van der Waals surface area contributed by atoms with Crippen LogP contribution < -0.4 is 16.0 Å². The molecule has 2 aromatic carbocycles. The average molecular weight is 1190 g/mol. The van der Waals surface area contributed by atoms with Crippen molar-refractivity contribution in [2.24, 2.45) is 17.5 Å². The molecule has 2 aliphatic heterocycles. The van der Waals surface area contributed by atoms with Gasteiger partial charge in [0.2, 0.25) is 23.6 Å². The summed E-state index contributed by atoms with van der Waals surface area (Å²) in [6, 6.07) is 12.3. The van der Waals surface area contributed by atoms with Gasteiger partial charge in [-0.15, -0.1) is 32.9 Å². The maximum absolute atomic E-state index is 14.5. The van der Waals surface area contributed by atoms with Gasteiger partial charge >= 0.3 is 12.1 Å². The van der Waals surface area contributed by atoms with Gasteiger partial charge < -0.3 is 54.6 Å². The molecule has 0 radical (unpaired) electrons. The Bertz CT molecular complexity index is 3310. The number of ether oxygens (including phenoxy) is 5. The lowest BCUT2D eigenvalue weighted by Crippen LogP contribution is -2.58. The molecule has 82 heavy (non-hydrogen) atoms. The van der Waals surface area contributed by atoms with E-state index >= 15 is 0 Å². The normalized spacial score (nSPS) is 16.1. The molecule has 1 saturated heterocycles. The summed E-state index contributed by atoms with van der Waals surface area (Å²) >= 11 is 9.41. The fraction of sp³-hybridized carbons (Fsp3) is 0.455. The third-order valence-corrected chi connectivity index (χ3v) is 16.2. The highest BCUT2D eigenvalue weighted by Crippen LogP contribution is 2.40. The quantitative estimate of drug-likeness (QED) is 0.0249. The van der Waals surface area contributed by atoms with Crippen molar-refractivity contribution in [3.05, 3.63) is 126 Å². The lowest BCUT2D eigenvalue weighted by molar-refractivity contribution is -0.396. The third kappa shape index (κ3) is 14.8. The molecule has 2 aliphatic rings. The smallest absolute Gasteiger partial charge is 0.429 e. The number of nitrogens with one attached hydrogen (secondary N) is 3. The van der Waals surface area contributed by atoms with E-state index in [9.17, 15) is 34.1 Å². The van der Waals surface area contributed by atoms with Gasteiger partial charge in [0.1, 0.15) is 47.9 Å². The van der Waals surface area contributed by atoms with Crippen molar-refractivity contribution < 1.29 is 52.6 Å². The van der Waals surface area contributed by atoms with Gasteiger partial charge in [-0.25, -0.2) is 14.3 Å². The molecule has 3 N–H and O–H groups in total. The van der Waals surface area contributed by atoms with Crippen molar-refractivity contribution in [3.63, 3.8) is 0 Å². The first-order valence-electron chi connectivity index (χ1n) is 26.4. The average Bonchev–Trinajstić information content (AvgIpc) is 2.77. The number of fused-ring (bicyclic) bond motifs is 3. The largest absolute Gasteiger partial charge is 0.509 e. The van der Waals surface area contributed by atoms with Gasteiger partial charge in [0, 0.05) is 40.5 Å². The van der Waals surface area contributed by atoms with Crippen LogP contribution in [0.25, 0.3) is 15.4 Å². The summed E-state index contributed by atoms with van der Waals surface area (Å²) in [5.41, 5.74) is 7.55. The van der Waals surface area contributed by atoms with E-state index in [0.717, 1.165) is 58.5 Å². The first-order chi connectivity index (χ1) is 39.2. The number of thiophene rings is 1. The molecule has 0 spiro atoms. The number of nitro groups is 1. The molecule has 24 nitrogen and oxygen atoms in total. The van der Waals surface area contributed by atoms with Crippen LogP contribution in [0.3, 0.4) is 0 Å². The van der Waals surface area contributed by atoms with Gasteiger partial charge in [0.05, 0.1) is 74.8 Å². The van der Waals surface area contributed by atoms with Crippen LogP contribution in [-0.4, -0.2) is 146 Å². The van der Waals surface area contributed by atoms with Crippen LogP contribution in [0.2, 0.25) is 5.02 Å². The standard InChI is InChI=1S/C55H65ClN12O12S2/c1-31-33(3)82-52-45(31)46(36-13-15-38(56)16-14-36)61-41(49-64-63-34(4)67(49)52)24-43(69)57-17-18-76-19-20-77-21-22-78-29-44(70)62-48(55(5,6)7)51(72)66-27-40(80-54(73)79-28-39-26-59-53(65(39)8)68(74)75)23-42(66)50(71)58-25-35-9-11-37(12-10-35)47-32(2)60-30-81-47/h9-16,26,30,40-42,48H,17-25,27-29H2,1-8H3,(H,57,69)(H,58,71)(H,62,70)/t40-,41+,42+,48-/m1/s1. The summed E-state index contributed by atoms with van der Waals surface area (Å²) in [5, 5.41) is 30.3. The molecular weight excluding hydrogens is 1120 g/mol. The molecule has 8 rings (SSSR count). The Morgan fingerprint density at radius 1 is 0.890 bits per heavy atom. The number of carbonyl (C=O) groups is 5. The lowest BCUT2D eigenvalue weighted by atomic mass is 9.85. The number of nitrogens with zero attached hydrogens (tertiary/aromatic N) is 9. The number of hydrogen-bond acceptors (Lipinski definition) is 19. The summed E-state index contributed by atoms with van der Waals surface area (Å²) in [6.07, 6.45) is -0.968. The van der Waals surface area contributed by atoms with Crippen LogP contribution in [0, 0.1) is 43.2 Å². The number of carbonyl (C=O) groups excluding carboxylic acids is 5. The van der Waals surface area contributed by atoms with Gasteiger partial charge in [-0.05, 0) is 66.9 Å². The number of thiazole rings is 1. The summed E-state index contributed by atoms with van der Waals surface area (Å²) in [7, 11) is 1.40. The predicted octanol–water partition coefficient (Wildman–Crippen LogP) is 6.60. The van der Waals surface area contributed by atoms with Gasteiger partial charge in [-0.2, -0.15) is 0 Å². The Balaban J connectivity index is 0.779. The fourth-order valence-electron chi connectivity index (χ4n) is 9.34. The maximum atomic E-state index is 14.5. The van der Waals surface area contributed by atoms with E-state index in [-0.39, 0.29) is 77.1 Å². The minimum atomic E-state index is -1.14. The fourth-order valence-corrected chi connectivity index (χ4v) is 11.5. The van der Waals surface area contributed by atoms with Gasteiger partial charge in [0.15, 0.2) is 18.1 Å². The highest BCUT2D eigenvalue weighted by atomic mass is 35.5. The molecule has 0 unspecified atom stereocenters. The summed E-state index contributed by atoms with van der Waals surface area (Å²) in [6.45, 7) is 13.5. The van der Waals surface area contributed by atoms with Crippen molar-refractivity contribution in [3.8, 4) is 15.4 Å². The van der Waals surface area contributed by atoms with Crippen molar-refractivity contribution in [1.29, 1.82) is 0 Å². The Kier molecular flexibility index (Phi) is 20.0. The lowest BCUT2D eigenvalue weighted by Gasteiger charge is -2.35. The SMILES string of the molecule is Cc1ncsc1-c1ccc(CNC(=O)[C@@H]2C[C@@H](OC(=O)OCc3cnc([N+](=O)[O-])n3C)CN2C(=O)[C@@H](NC(=O)COCCOCCOCCNC(=O)C[C@@H]2N=C(c3ccc(Cl)cc3)c3c(sc(C)c3C)-n3c(C)nnc32)C(C)(C)C)cc1. The van der Waals surface area contributed by atoms with Gasteiger partial charge in [-0.3, -0.25) is 28.7 Å². The molecule has 0 saturated carbocycles. The minimum absolute atomic E-state index is 0.0327. The van der Waals surface area contributed by atoms with Crippen LogP contribution >= 0.6 is 34.3 Å². The summed E-state index contributed by atoms with van der Waals surface area (Å²) in [4.78, 5) is 95.4. The van der Waals surface area contributed by atoms with E-state index in [2.05, 4.69) is 50.0 Å². The number of aryl methyl sites for hydroxylation is 3. The zero-order valence-electron chi connectivity index (χ0n) is 46.7. The van der Waals surface area contributed by atoms with Crippen molar-refractivity contribution in [2.75, 3.05) is 52.7 Å². The molecule has 6 heterocycles. The van der Waals surface area contributed by atoms with Crippen LogP contribution in [0.1, 0.15) is 89.8 Å². The Morgan fingerprint density at radius 3 is 2.26 bits per heavy atom.